The van der Waals surface area contributed by atoms with E-state index in [9.17, 15) is 4.79 Å². The van der Waals surface area contributed by atoms with Gasteiger partial charge in [-0.05, 0) is 55.3 Å². The molecule has 0 unspecified atom stereocenters. The standard InChI is InChI=1S/C21H28O3S/c22-21(23)11-7-2-1-6-10-17-18(20-13-12-19(17)24-20)15-25-14-16-8-4-3-5-9-16/h1,3-6,8-9,17-20H,2,7,10-15H2,(H,22,23)/t17-,18-,19-,20+/m1/s1. The number of allylic oxidation sites excluding steroid dienone is 2. The molecule has 0 aromatic heterocycles. The minimum absolute atomic E-state index is 0.264. The molecule has 0 saturated carbocycles. The lowest BCUT2D eigenvalue weighted by Gasteiger charge is -2.27. The maximum atomic E-state index is 10.5. The number of ether oxygens (including phenoxy) is 1. The summed E-state index contributed by atoms with van der Waals surface area (Å²) in [6.45, 7) is 0. The zero-order valence-corrected chi connectivity index (χ0v) is 15.5. The molecule has 25 heavy (non-hydrogen) atoms. The van der Waals surface area contributed by atoms with Gasteiger partial charge in [-0.2, -0.15) is 11.8 Å². The monoisotopic (exact) mass is 360 g/mol. The second-order valence-corrected chi connectivity index (χ2v) is 8.14. The maximum Gasteiger partial charge on any atom is 0.303 e. The summed E-state index contributed by atoms with van der Waals surface area (Å²) in [6.07, 6.45) is 10.7. The molecule has 0 radical (unpaired) electrons. The number of fused-ring (bicyclic) bond motifs is 2. The van der Waals surface area contributed by atoms with E-state index >= 15 is 0 Å². The first kappa shape index (κ1) is 18.5. The van der Waals surface area contributed by atoms with Crippen molar-refractivity contribution in [2.45, 2.75) is 56.5 Å². The van der Waals surface area contributed by atoms with E-state index in [4.69, 9.17) is 9.84 Å². The van der Waals surface area contributed by atoms with Gasteiger partial charge in [-0.25, -0.2) is 0 Å². The predicted octanol–water partition coefficient (Wildman–Crippen LogP) is 4.91. The Morgan fingerprint density at radius 3 is 2.68 bits per heavy atom. The topological polar surface area (TPSA) is 46.5 Å². The van der Waals surface area contributed by atoms with Crippen molar-refractivity contribution in [1.29, 1.82) is 0 Å². The van der Waals surface area contributed by atoms with Gasteiger partial charge in [0.15, 0.2) is 0 Å². The van der Waals surface area contributed by atoms with Crippen molar-refractivity contribution < 1.29 is 14.6 Å². The normalized spacial score (nSPS) is 28.0. The van der Waals surface area contributed by atoms with E-state index in [-0.39, 0.29) is 6.42 Å². The van der Waals surface area contributed by atoms with Crippen LogP contribution in [-0.2, 0) is 15.3 Å². The minimum atomic E-state index is -0.703. The lowest BCUT2D eigenvalue weighted by molar-refractivity contribution is -0.137. The molecule has 3 rings (SSSR count). The number of unbranched alkanes of at least 4 members (excludes halogenated alkanes) is 1. The summed E-state index contributed by atoms with van der Waals surface area (Å²) in [4.78, 5) is 10.5. The smallest absolute Gasteiger partial charge is 0.303 e. The van der Waals surface area contributed by atoms with Crippen LogP contribution in [0.1, 0.15) is 44.1 Å². The van der Waals surface area contributed by atoms with Crippen molar-refractivity contribution in [3.8, 4) is 0 Å². The SMILES string of the molecule is O=C(O)CCCC=CC[C@@H]1[C@@H](CSCc2ccccc2)[C@@H]2CC[C@H]1O2. The second-order valence-electron chi connectivity index (χ2n) is 7.11. The largest absolute Gasteiger partial charge is 0.481 e. The molecule has 2 fully saturated rings. The van der Waals surface area contributed by atoms with Gasteiger partial charge in [0.2, 0.25) is 0 Å². The summed E-state index contributed by atoms with van der Waals surface area (Å²) < 4.78 is 6.18. The van der Waals surface area contributed by atoms with Gasteiger partial charge in [0, 0.05) is 12.2 Å². The molecule has 1 aromatic carbocycles. The molecule has 0 aliphatic carbocycles. The Balaban J connectivity index is 1.43. The van der Waals surface area contributed by atoms with Crippen LogP contribution in [0.25, 0.3) is 0 Å². The number of carboxylic acid groups (broad SMARTS) is 1. The molecule has 0 amide bonds. The number of carbonyl (C=O) groups is 1. The number of carboxylic acids is 1. The Kier molecular flexibility index (Phi) is 7.00. The summed E-state index contributed by atoms with van der Waals surface area (Å²) in [5.74, 6) is 2.85. The van der Waals surface area contributed by atoms with Crippen molar-refractivity contribution in [3.63, 3.8) is 0 Å². The molecule has 2 saturated heterocycles. The van der Waals surface area contributed by atoms with Crippen LogP contribution in [0, 0.1) is 11.8 Å². The highest BCUT2D eigenvalue weighted by molar-refractivity contribution is 7.98. The molecule has 1 N–H and O–H groups in total. The molecular formula is C21H28O3S. The Hall–Kier alpha value is -1.26. The van der Waals surface area contributed by atoms with Crippen LogP contribution in [0.4, 0.5) is 0 Å². The summed E-state index contributed by atoms with van der Waals surface area (Å²) in [5.41, 5.74) is 1.39. The highest BCUT2D eigenvalue weighted by Gasteiger charge is 2.47. The first-order chi connectivity index (χ1) is 12.2. The fraction of sp³-hybridized carbons (Fsp3) is 0.571. The third-order valence-electron chi connectivity index (χ3n) is 5.35. The molecule has 4 atom stereocenters. The van der Waals surface area contributed by atoms with Crippen molar-refractivity contribution in [2.24, 2.45) is 11.8 Å². The van der Waals surface area contributed by atoms with Crippen LogP contribution in [0.15, 0.2) is 42.5 Å². The van der Waals surface area contributed by atoms with Crippen molar-refractivity contribution in [1.82, 2.24) is 0 Å². The molecule has 1 aromatic rings. The molecule has 0 spiro atoms. The average Bonchev–Trinajstić information content (AvgIpc) is 3.21. The van der Waals surface area contributed by atoms with Gasteiger partial charge in [-0.3, -0.25) is 4.79 Å². The van der Waals surface area contributed by atoms with Gasteiger partial charge in [0.1, 0.15) is 0 Å². The van der Waals surface area contributed by atoms with E-state index in [0.29, 0.717) is 24.0 Å². The number of aliphatic carboxylic acids is 1. The van der Waals surface area contributed by atoms with E-state index in [1.807, 2.05) is 11.8 Å². The number of hydrogen-bond acceptors (Lipinski definition) is 3. The molecule has 2 heterocycles. The van der Waals surface area contributed by atoms with E-state index in [1.165, 1.54) is 24.2 Å². The third kappa shape index (κ3) is 5.35. The van der Waals surface area contributed by atoms with Crippen LogP contribution in [0.3, 0.4) is 0 Å². The Bertz CT molecular complexity index is 572. The predicted molar refractivity (Wildman–Crippen MR) is 103 cm³/mol. The van der Waals surface area contributed by atoms with E-state index in [0.717, 1.165) is 25.0 Å². The minimum Gasteiger partial charge on any atom is -0.481 e. The first-order valence-electron chi connectivity index (χ1n) is 9.38. The van der Waals surface area contributed by atoms with Crippen LogP contribution in [-0.4, -0.2) is 29.0 Å². The van der Waals surface area contributed by atoms with E-state index < -0.39 is 5.97 Å². The molecule has 4 heteroatoms. The lowest BCUT2D eigenvalue weighted by Crippen LogP contribution is -2.28. The van der Waals surface area contributed by atoms with Crippen molar-refractivity contribution in [2.75, 3.05) is 5.75 Å². The second kappa shape index (κ2) is 9.44. The third-order valence-corrected chi connectivity index (χ3v) is 6.51. The number of rotatable bonds is 10. The van der Waals surface area contributed by atoms with Crippen LogP contribution in [0.5, 0.6) is 0 Å². The average molecular weight is 361 g/mol. The Morgan fingerprint density at radius 2 is 1.92 bits per heavy atom. The number of thioether (sulfide) groups is 1. The molecule has 3 nitrogen and oxygen atoms in total. The summed E-state index contributed by atoms with van der Waals surface area (Å²) in [6, 6.07) is 10.7. The highest BCUT2D eigenvalue weighted by Crippen LogP contribution is 2.46. The van der Waals surface area contributed by atoms with Gasteiger partial charge in [0.25, 0.3) is 0 Å². The molecule has 2 bridgehead atoms. The summed E-state index contributed by atoms with van der Waals surface area (Å²) >= 11 is 2.03. The van der Waals surface area contributed by atoms with Gasteiger partial charge < -0.3 is 9.84 Å². The zero-order chi connectivity index (χ0) is 17.5. The molecule has 2 aliphatic heterocycles. The highest BCUT2D eigenvalue weighted by atomic mass is 32.2. The quantitative estimate of drug-likeness (QED) is 0.475. The maximum absolute atomic E-state index is 10.5. The van der Waals surface area contributed by atoms with Crippen molar-refractivity contribution in [3.05, 3.63) is 48.0 Å². The number of hydrogen-bond donors (Lipinski definition) is 1. The fourth-order valence-corrected chi connectivity index (χ4v) is 5.34. The van der Waals surface area contributed by atoms with Gasteiger partial charge in [0.05, 0.1) is 12.2 Å². The lowest BCUT2D eigenvalue weighted by atomic mass is 9.78. The van der Waals surface area contributed by atoms with E-state index in [2.05, 4.69) is 42.5 Å². The molecular weight excluding hydrogens is 332 g/mol. The Labute approximate surface area is 154 Å². The summed E-state index contributed by atoms with van der Waals surface area (Å²) in [7, 11) is 0. The van der Waals surface area contributed by atoms with Crippen LogP contribution < -0.4 is 0 Å². The van der Waals surface area contributed by atoms with Crippen molar-refractivity contribution >= 4 is 17.7 Å². The molecule has 136 valence electrons. The summed E-state index contributed by atoms with van der Waals surface area (Å²) in [5, 5.41) is 8.67. The fourth-order valence-electron chi connectivity index (χ4n) is 4.06. The van der Waals surface area contributed by atoms with Crippen LogP contribution >= 0.6 is 11.8 Å². The van der Waals surface area contributed by atoms with Gasteiger partial charge >= 0.3 is 5.97 Å². The number of benzene rings is 1. The van der Waals surface area contributed by atoms with Gasteiger partial charge in [-0.15, -0.1) is 0 Å². The first-order valence-corrected chi connectivity index (χ1v) is 10.5. The molecule has 2 aliphatic rings. The Morgan fingerprint density at radius 1 is 1.16 bits per heavy atom. The van der Waals surface area contributed by atoms with E-state index in [1.54, 1.807) is 0 Å². The zero-order valence-electron chi connectivity index (χ0n) is 14.7. The van der Waals surface area contributed by atoms with Gasteiger partial charge in [-0.1, -0.05) is 42.5 Å². The van der Waals surface area contributed by atoms with Crippen LogP contribution in [0.2, 0.25) is 0 Å².